The molecule has 0 radical (unpaired) electrons. The van der Waals surface area contributed by atoms with Crippen molar-refractivity contribution in [1.82, 2.24) is 10.2 Å². The maximum absolute atomic E-state index is 12.6. The lowest BCUT2D eigenvalue weighted by Gasteiger charge is -2.30. The Balaban J connectivity index is 2.05. The van der Waals surface area contributed by atoms with Crippen molar-refractivity contribution in [2.75, 3.05) is 20.2 Å². The number of amides is 1. The first-order valence-electron chi connectivity index (χ1n) is 8.59. The summed E-state index contributed by atoms with van der Waals surface area (Å²) in [5.41, 5.74) is 0.808. The van der Waals surface area contributed by atoms with Crippen LogP contribution in [0.2, 0.25) is 0 Å². The molecule has 1 N–H and O–H groups in total. The molecule has 7 heteroatoms. The number of halogens is 2. The van der Waals surface area contributed by atoms with Crippen LogP contribution in [0.5, 0.6) is 11.5 Å². The lowest BCUT2D eigenvalue weighted by atomic mass is 9.92. The summed E-state index contributed by atoms with van der Waals surface area (Å²) in [5.74, 6) is 0.395. The zero-order valence-corrected chi connectivity index (χ0v) is 14.9. The quantitative estimate of drug-likeness (QED) is 0.816. The average molecular weight is 356 g/mol. The van der Waals surface area contributed by atoms with E-state index >= 15 is 0 Å². The van der Waals surface area contributed by atoms with Crippen molar-refractivity contribution in [1.29, 1.82) is 0 Å². The second-order valence-corrected chi connectivity index (χ2v) is 6.36. The molecule has 1 aromatic carbocycles. The van der Waals surface area contributed by atoms with Gasteiger partial charge >= 0.3 is 6.61 Å². The van der Waals surface area contributed by atoms with Crippen molar-refractivity contribution >= 4 is 5.91 Å². The molecule has 0 aromatic heterocycles. The summed E-state index contributed by atoms with van der Waals surface area (Å²) in [7, 11) is 1.76. The number of carbonyl (C=O) groups excluding carboxylic acids is 1. The molecule has 1 aromatic rings. The van der Waals surface area contributed by atoms with Crippen LogP contribution in [0, 0.1) is 5.92 Å². The first-order valence-corrected chi connectivity index (χ1v) is 8.59. The fourth-order valence-corrected chi connectivity index (χ4v) is 3.13. The third-order valence-corrected chi connectivity index (χ3v) is 4.29. The number of alkyl halides is 2. The highest BCUT2D eigenvalue weighted by atomic mass is 19.3. The van der Waals surface area contributed by atoms with E-state index in [1.165, 1.54) is 6.07 Å². The zero-order valence-electron chi connectivity index (χ0n) is 14.9. The molecule has 0 saturated carbocycles. The number of nitrogens with one attached hydrogen (secondary N) is 1. The van der Waals surface area contributed by atoms with Crippen LogP contribution in [0.15, 0.2) is 18.2 Å². The standard InChI is InChI=1S/C18H26F2N2O3/c1-4-24-16-10-13(5-6-15(16)25-18(19)20)11-22(3)17(23)14-7-8-21-12(2)9-14/h5-6,10,12,14,18,21H,4,7-9,11H2,1-3H3/t12-,14-/m0/s1. The van der Waals surface area contributed by atoms with Crippen LogP contribution in [-0.4, -0.2) is 43.7 Å². The first kappa shape index (κ1) is 19.4. The molecule has 1 fully saturated rings. The summed E-state index contributed by atoms with van der Waals surface area (Å²) in [4.78, 5) is 14.3. The van der Waals surface area contributed by atoms with Gasteiger partial charge in [0, 0.05) is 25.6 Å². The molecule has 5 nitrogen and oxygen atoms in total. The molecule has 0 aliphatic carbocycles. The molecule has 25 heavy (non-hydrogen) atoms. The normalized spacial score (nSPS) is 20.4. The van der Waals surface area contributed by atoms with Crippen LogP contribution in [0.25, 0.3) is 0 Å². The van der Waals surface area contributed by atoms with Gasteiger partial charge in [-0.2, -0.15) is 8.78 Å². The van der Waals surface area contributed by atoms with E-state index in [0.29, 0.717) is 19.2 Å². The van der Waals surface area contributed by atoms with Crippen LogP contribution in [0.4, 0.5) is 8.78 Å². The molecule has 0 unspecified atom stereocenters. The molecular formula is C18H26F2N2O3. The van der Waals surface area contributed by atoms with Crippen molar-refractivity contribution in [3.05, 3.63) is 23.8 Å². The van der Waals surface area contributed by atoms with Crippen molar-refractivity contribution in [3.63, 3.8) is 0 Å². The number of carbonyl (C=O) groups is 1. The fraction of sp³-hybridized carbons (Fsp3) is 0.611. The van der Waals surface area contributed by atoms with Gasteiger partial charge < -0.3 is 19.7 Å². The minimum atomic E-state index is -2.91. The van der Waals surface area contributed by atoms with Gasteiger partial charge in [0.2, 0.25) is 5.91 Å². The molecule has 0 spiro atoms. The first-order chi connectivity index (χ1) is 11.9. The van der Waals surface area contributed by atoms with E-state index in [2.05, 4.69) is 17.0 Å². The molecule has 2 atom stereocenters. The average Bonchev–Trinajstić information content (AvgIpc) is 2.56. The topological polar surface area (TPSA) is 50.8 Å². The highest BCUT2D eigenvalue weighted by Crippen LogP contribution is 2.30. The van der Waals surface area contributed by atoms with Gasteiger partial charge in [0.15, 0.2) is 11.5 Å². The Bertz CT molecular complexity index is 583. The Morgan fingerprint density at radius 2 is 2.16 bits per heavy atom. The Kier molecular flexibility index (Phi) is 6.99. The summed E-state index contributed by atoms with van der Waals surface area (Å²) < 4.78 is 34.8. The van der Waals surface area contributed by atoms with Gasteiger partial charge in [-0.3, -0.25) is 4.79 Å². The lowest BCUT2D eigenvalue weighted by Crippen LogP contribution is -2.42. The summed E-state index contributed by atoms with van der Waals surface area (Å²) >= 11 is 0. The van der Waals surface area contributed by atoms with Gasteiger partial charge in [0.25, 0.3) is 0 Å². The maximum Gasteiger partial charge on any atom is 0.387 e. The highest BCUT2D eigenvalue weighted by molar-refractivity contribution is 5.78. The molecule has 1 heterocycles. The van der Waals surface area contributed by atoms with Crippen LogP contribution in [-0.2, 0) is 11.3 Å². The smallest absolute Gasteiger partial charge is 0.387 e. The molecule has 1 saturated heterocycles. The largest absolute Gasteiger partial charge is 0.490 e. The summed E-state index contributed by atoms with van der Waals surface area (Å²) in [6, 6.07) is 5.12. The minimum absolute atomic E-state index is 0.00163. The monoisotopic (exact) mass is 356 g/mol. The molecule has 1 aliphatic heterocycles. The van der Waals surface area contributed by atoms with Crippen molar-refractivity contribution in [2.45, 2.75) is 45.9 Å². The third kappa shape index (κ3) is 5.56. The number of hydrogen-bond acceptors (Lipinski definition) is 4. The molecule has 2 rings (SSSR count). The Labute approximate surface area is 147 Å². The number of piperidine rings is 1. The number of nitrogens with zero attached hydrogens (tertiary/aromatic N) is 1. The van der Waals surface area contributed by atoms with Crippen LogP contribution in [0.3, 0.4) is 0 Å². The molecule has 140 valence electrons. The third-order valence-electron chi connectivity index (χ3n) is 4.29. The number of ether oxygens (including phenoxy) is 2. The maximum atomic E-state index is 12.6. The minimum Gasteiger partial charge on any atom is -0.490 e. The summed E-state index contributed by atoms with van der Waals surface area (Å²) in [6.07, 6.45) is 1.66. The summed E-state index contributed by atoms with van der Waals surface area (Å²) in [6.45, 7) is 2.52. The molecular weight excluding hydrogens is 330 g/mol. The predicted molar refractivity (Wildman–Crippen MR) is 90.9 cm³/mol. The fourth-order valence-electron chi connectivity index (χ4n) is 3.13. The van der Waals surface area contributed by atoms with E-state index in [1.807, 2.05) is 0 Å². The van der Waals surface area contributed by atoms with E-state index in [4.69, 9.17) is 4.74 Å². The number of benzene rings is 1. The number of hydrogen-bond donors (Lipinski definition) is 1. The zero-order chi connectivity index (χ0) is 18.4. The number of rotatable bonds is 7. The van der Waals surface area contributed by atoms with Crippen molar-refractivity contribution < 1.29 is 23.0 Å². The molecule has 1 amide bonds. The Morgan fingerprint density at radius 3 is 2.80 bits per heavy atom. The van der Waals surface area contributed by atoms with E-state index in [9.17, 15) is 13.6 Å². The van der Waals surface area contributed by atoms with Gasteiger partial charge in [0.1, 0.15) is 0 Å². The Hall–Kier alpha value is -1.89. The van der Waals surface area contributed by atoms with Gasteiger partial charge in [-0.05, 0) is 50.9 Å². The molecule has 0 bridgehead atoms. The van der Waals surface area contributed by atoms with E-state index in [0.717, 1.165) is 24.9 Å². The second kappa shape index (κ2) is 8.99. The summed E-state index contributed by atoms with van der Waals surface area (Å²) in [5, 5.41) is 3.34. The highest BCUT2D eigenvalue weighted by Gasteiger charge is 2.27. The van der Waals surface area contributed by atoms with Gasteiger partial charge in [-0.15, -0.1) is 0 Å². The van der Waals surface area contributed by atoms with Crippen LogP contribution in [0.1, 0.15) is 32.3 Å². The van der Waals surface area contributed by atoms with Crippen molar-refractivity contribution in [3.8, 4) is 11.5 Å². The predicted octanol–water partition coefficient (Wildman–Crippen LogP) is 3.03. The van der Waals surface area contributed by atoms with Gasteiger partial charge in [-0.25, -0.2) is 0 Å². The van der Waals surface area contributed by atoms with Gasteiger partial charge in [0.05, 0.1) is 6.61 Å². The van der Waals surface area contributed by atoms with Crippen LogP contribution < -0.4 is 14.8 Å². The Morgan fingerprint density at radius 1 is 1.40 bits per heavy atom. The van der Waals surface area contributed by atoms with Gasteiger partial charge in [-0.1, -0.05) is 6.07 Å². The van der Waals surface area contributed by atoms with E-state index in [1.54, 1.807) is 31.0 Å². The van der Waals surface area contributed by atoms with E-state index < -0.39 is 6.61 Å². The second-order valence-electron chi connectivity index (χ2n) is 6.36. The molecule has 1 aliphatic rings. The van der Waals surface area contributed by atoms with Crippen molar-refractivity contribution in [2.24, 2.45) is 5.92 Å². The van der Waals surface area contributed by atoms with Crippen LogP contribution >= 0.6 is 0 Å². The lowest BCUT2D eigenvalue weighted by molar-refractivity contribution is -0.135. The SMILES string of the molecule is CCOc1cc(CN(C)C(=O)[C@H]2CCN[C@@H](C)C2)ccc1OC(F)F. The van der Waals surface area contributed by atoms with E-state index in [-0.39, 0.29) is 23.3 Å².